The van der Waals surface area contributed by atoms with Crippen molar-refractivity contribution in [1.29, 1.82) is 0 Å². The maximum atomic E-state index is 13.6. The van der Waals surface area contributed by atoms with E-state index in [0.717, 1.165) is 17.1 Å². The highest BCUT2D eigenvalue weighted by molar-refractivity contribution is 7.03. The van der Waals surface area contributed by atoms with E-state index in [1.165, 1.54) is 4.90 Å². The van der Waals surface area contributed by atoms with Gasteiger partial charge in [0.1, 0.15) is 6.04 Å². The van der Waals surface area contributed by atoms with Gasteiger partial charge in [-0.1, -0.05) is 52.5 Å². The van der Waals surface area contributed by atoms with Crippen LogP contribution in [0.4, 0.5) is 5.69 Å². The molecule has 1 N–H and O–H groups in total. The SMILES string of the molecule is Cc1ccc(Cl)cc1N(C(=O)c1csnn1)[C@@H](C(=O)NC(C)(C)C)c1ccccc1. The molecule has 0 radical (unpaired) electrons. The van der Waals surface area contributed by atoms with Crippen LogP contribution in [0.5, 0.6) is 0 Å². The number of aryl methyl sites for hydroxylation is 1. The Kier molecular flexibility index (Phi) is 6.53. The van der Waals surface area contributed by atoms with Gasteiger partial charge in [-0.05, 0) is 62.5 Å². The fourth-order valence-corrected chi connectivity index (χ4v) is 3.68. The molecule has 3 aromatic rings. The van der Waals surface area contributed by atoms with Crippen molar-refractivity contribution in [2.75, 3.05) is 4.90 Å². The van der Waals surface area contributed by atoms with E-state index >= 15 is 0 Å². The Labute approximate surface area is 185 Å². The summed E-state index contributed by atoms with van der Waals surface area (Å²) >= 11 is 7.34. The van der Waals surface area contributed by atoms with Crippen LogP contribution >= 0.6 is 23.1 Å². The van der Waals surface area contributed by atoms with Gasteiger partial charge in [0.25, 0.3) is 5.91 Å². The van der Waals surface area contributed by atoms with Gasteiger partial charge in [0.2, 0.25) is 5.91 Å². The van der Waals surface area contributed by atoms with Crippen molar-refractivity contribution >= 4 is 40.6 Å². The first-order valence-corrected chi connectivity index (χ1v) is 10.6. The third kappa shape index (κ3) is 5.04. The molecule has 30 heavy (non-hydrogen) atoms. The minimum Gasteiger partial charge on any atom is -0.349 e. The second-order valence-electron chi connectivity index (χ2n) is 7.95. The molecule has 2 aromatic carbocycles. The lowest BCUT2D eigenvalue weighted by Gasteiger charge is -2.34. The van der Waals surface area contributed by atoms with Gasteiger partial charge in [-0.15, -0.1) is 5.10 Å². The number of aromatic nitrogens is 2. The van der Waals surface area contributed by atoms with Gasteiger partial charge < -0.3 is 5.32 Å². The maximum absolute atomic E-state index is 13.6. The second-order valence-corrected chi connectivity index (χ2v) is 8.99. The number of benzene rings is 2. The predicted octanol–water partition coefficient (Wildman–Crippen LogP) is 4.80. The molecule has 0 bridgehead atoms. The lowest BCUT2D eigenvalue weighted by atomic mass is 9.99. The fourth-order valence-electron chi connectivity index (χ4n) is 3.08. The number of anilines is 1. The van der Waals surface area contributed by atoms with Gasteiger partial charge in [0.15, 0.2) is 5.69 Å². The summed E-state index contributed by atoms with van der Waals surface area (Å²) in [7, 11) is 0. The topological polar surface area (TPSA) is 75.2 Å². The van der Waals surface area contributed by atoms with Crippen LogP contribution in [0.25, 0.3) is 0 Å². The van der Waals surface area contributed by atoms with Crippen molar-refractivity contribution in [2.24, 2.45) is 0 Å². The smallest absolute Gasteiger partial charge is 0.280 e. The predicted molar refractivity (Wildman–Crippen MR) is 120 cm³/mol. The number of nitrogens with one attached hydrogen (secondary N) is 1. The molecule has 8 heteroatoms. The molecule has 3 rings (SSSR count). The largest absolute Gasteiger partial charge is 0.349 e. The number of halogens is 1. The summed E-state index contributed by atoms with van der Waals surface area (Å²) in [6, 6.07) is 13.5. The van der Waals surface area contributed by atoms with E-state index in [4.69, 9.17) is 11.6 Å². The maximum Gasteiger partial charge on any atom is 0.280 e. The van der Waals surface area contributed by atoms with Crippen LogP contribution in [0, 0.1) is 6.92 Å². The molecule has 0 aliphatic rings. The van der Waals surface area contributed by atoms with Crippen molar-refractivity contribution in [3.8, 4) is 0 Å². The van der Waals surface area contributed by atoms with E-state index < -0.39 is 17.5 Å². The Bertz CT molecular complexity index is 1030. The molecule has 1 atom stereocenters. The third-order valence-electron chi connectivity index (χ3n) is 4.35. The molecule has 6 nitrogen and oxygen atoms in total. The molecule has 0 saturated carbocycles. The van der Waals surface area contributed by atoms with Gasteiger partial charge in [-0.2, -0.15) is 0 Å². The van der Waals surface area contributed by atoms with E-state index in [-0.39, 0.29) is 11.6 Å². The third-order valence-corrected chi connectivity index (χ3v) is 5.09. The first kappa shape index (κ1) is 21.9. The molecule has 0 unspecified atom stereocenters. The number of carbonyl (C=O) groups excluding carboxylic acids is 2. The minimum absolute atomic E-state index is 0.170. The zero-order valence-corrected chi connectivity index (χ0v) is 18.8. The molecule has 1 heterocycles. The van der Waals surface area contributed by atoms with Crippen LogP contribution < -0.4 is 10.2 Å². The number of hydrogen-bond acceptors (Lipinski definition) is 5. The summed E-state index contributed by atoms with van der Waals surface area (Å²) in [4.78, 5) is 28.5. The van der Waals surface area contributed by atoms with Crippen LogP contribution in [0.15, 0.2) is 53.9 Å². The highest BCUT2D eigenvalue weighted by Gasteiger charge is 2.36. The number of hydrogen-bond donors (Lipinski definition) is 1. The standard InChI is InChI=1S/C22H23ClN4O2S/c1-14-10-11-16(23)12-18(14)27(21(29)17-13-30-26-25-17)19(15-8-6-5-7-9-15)20(28)24-22(2,3)4/h5-13,19H,1-4H3,(H,24,28)/t19-/m1/s1. The molecule has 0 aliphatic carbocycles. The number of rotatable bonds is 5. The first-order valence-electron chi connectivity index (χ1n) is 9.41. The Morgan fingerprint density at radius 1 is 1.13 bits per heavy atom. The first-order chi connectivity index (χ1) is 14.2. The van der Waals surface area contributed by atoms with E-state index in [2.05, 4.69) is 14.9 Å². The Hall–Kier alpha value is -2.77. The lowest BCUT2D eigenvalue weighted by molar-refractivity contribution is -0.123. The minimum atomic E-state index is -0.920. The Morgan fingerprint density at radius 3 is 2.43 bits per heavy atom. The van der Waals surface area contributed by atoms with Crippen LogP contribution in [0.1, 0.15) is 48.4 Å². The number of nitrogens with zero attached hydrogens (tertiary/aromatic N) is 3. The fraction of sp³-hybridized carbons (Fsp3) is 0.273. The van der Waals surface area contributed by atoms with Crippen LogP contribution in [-0.4, -0.2) is 26.9 Å². The average molecular weight is 443 g/mol. The molecule has 0 saturated heterocycles. The molecule has 0 aliphatic heterocycles. The van der Waals surface area contributed by atoms with E-state index in [1.54, 1.807) is 17.5 Å². The second kappa shape index (κ2) is 8.93. The van der Waals surface area contributed by atoms with E-state index in [0.29, 0.717) is 16.3 Å². The van der Waals surface area contributed by atoms with Gasteiger partial charge in [0.05, 0.1) is 0 Å². The zero-order valence-electron chi connectivity index (χ0n) is 17.2. The molecule has 2 amide bonds. The van der Waals surface area contributed by atoms with E-state index in [9.17, 15) is 9.59 Å². The van der Waals surface area contributed by atoms with Crippen molar-refractivity contribution < 1.29 is 9.59 Å². The molecule has 0 fully saturated rings. The van der Waals surface area contributed by atoms with Crippen molar-refractivity contribution in [3.63, 3.8) is 0 Å². The van der Waals surface area contributed by atoms with Gasteiger partial charge in [-0.3, -0.25) is 14.5 Å². The van der Waals surface area contributed by atoms with Crippen LogP contribution in [0.2, 0.25) is 5.02 Å². The molecule has 1 aromatic heterocycles. The number of carbonyl (C=O) groups is 2. The Balaban J connectivity index is 2.21. The van der Waals surface area contributed by atoms with Crippen molar-refractivity contribution in [3.05, 3.63) is 75.8 Å². The summed E-state index contributed by atoms with van der Waals surface area (Å²) in [5.74, 6) is -0.725. The molecule has 0 spiro atoms. The summed E-state index contributed by atoms with van der Waals surface area (Å²) < 4.78 is 3.81. The van der Waals surface area contributed by atoms with Gasteiger partial charge in [0, 0.05) is 21.6 Å². The molecular formula is C22H23ClN4O2S. The quantitative estimate of drug-likeness (QED) is 0.615. The monoisotopic (exact) mass is 442 g/mol. The Morgan fingerprint density at radius 2 is 1.83 bits per heavy atom. The van der Waals surface area contributed by atoms with Crippen molar-refractivity contribution in [1.82, 2.24) is 14.9 Å². The molecule has 156 valence electrons. The zero-order chi connectivity index (χ0) is 21.9. The summed E-state index contributed by atoms with van der Waals surface area (Å²) in [6.07, 6.45) is 0. The van der Waals surface area contributed by atoms with Crippen molar-refractivity contribution in [2.45, 2.75) is 39.3 Å². The highest BCUT2D eigenvalue weighted by Crippen LogP contribution is 2.34. The van der Waals surface area contributed by atoms with Gasteiger partial charge in [-0.25, -0.2) is 0 Å². The normalized spacial score (nSPS) is 12.3. The molecular weight excluding hydrogens is 420 g/mol. The highest BCUT2D eigenvalue weighted by atomic mass is 35.5. The summed E-state index contributed by atoms with van der Waals surface area (Å²) in [5.41, 5.74) is 1.71. The van der Waals surface area contributed by atoms with Crippen LogP contribution in [0.3, 0.4) is 0 Å². The summed E-state index contributed by atoms with van der Waals surface area (Å²) in [5, 5.41) is 8.97. The summed E-state index contributed by atoms with van der Waals surface area (Å²) in [6.45, 7) is 7.56. The average Bonchev–Trinajstić information content (AvgIpc) is 3.21. The van der Waals surface area contributed by atoms with Crippen LogP contribution in [-0.2, 0) is 4.79 Å². The lowest BCUT2D eigenvalue weighted by Crippen LogP contribution is -2.49. The van der Waals surface area contributed by atoms with Gasteiger partial charge >= 0.3 is 0 Å². The van der Waals surface area contributed by atoms with E-state index in [1.807, 2.05) is 64.1 Å². The number of amides is 2.